The highest BCUT2D eigenvalue weighted by atomic mass is 127. The van der Waals surface area contributed by atoms with Crippen LogP contribution in [0.4, 0.5) is 0 Å². The van der Waals surface area contributed by atoms with Crippen LogP contribution in [0.2, 0.25) is 0 Å². The number of hydrogen-bond donors (Lipinski definition) is 0. The third kappa shape index (κ3) is 5.22. The van der Waals surface area contributed by atoms with Crippen LogP contribution >= 0.6 is 0 Å². The van der Waals surface area contributed by atoms with Gasteiger partial charge in [-0.25, -0.2) is 9.13 Å². The second-order valence-electron chi connectivity index (χ2n) is 2.62. The smallest absolute Gasteiger partial charge is 0.245 e. The minimum absolute atomic E-state index is 0. The molecule has 1 rings (SSSR count). The van der Waals surface area contributed by atoms with Crippen LogP contribution in [0.25, 0.3) is 0 Å². The summed E-state index contributed by atoms with van der Waals surface area (Å²) in [7, 11) is 3.64. The fourth-order valence-corrected chi connectivity index (χ4v) is 0.890. The lowest BCUT2D eigenvalue weighted by Gasteiger charge is -1.98. The maximum atomic E-state index is 5.30. The summed E-state index contributed by atoms with van der Waals surface area (Å²) in [5.41, 5.74) is 0. The number of nitrogens with zero attached hydrogens (tertiary/aromatic N) is 2. The number of ether oxygens (including phenoxy) is 2. The van der Waals surface area contributed by atoms with Crippen molar-refractivity contribution in [3.8, 4) is 0 Å². The van der Waals surface area contributed by atoms with Gasteiger partial charge in [0.1, 0.15) is 12.4 Å². The molecule has 0 fully saturated rings. The molecule has 5 heteroatoms. The molecule has 0 N–H and O–H groups in total. The molecule has 0 spiro atoms. The molecule has 0 aliphatic rings. The monoisotopic (exact) mass is 298 g/mol. The largest absolute Gasteiger partial charge is 1.00 e. The van der Waals surface area contributed by atoms with Crippen molar-refractivity contribution in [2.75, 3.05) is 20.3 Å². The first-order chi connectivity index (χ1) is 5.83. The van der Waals surface area contributed by atoms with Gasteiger partial charge < -0.3 is 33.5 Å². The van der Waals surface area contributed by atoms with E-state index < -0.39 is 0 Å². The van der Waals surface area contributed by atoms with Crippen molar-refractivity contribution in [2.24, 2.45) is 7.05 Å². The van der Waals surface area contributed by atoms with E-state index in [0.717, 1.165) is 0 Å². The third-order valence-electron chi connectivity index (χ3n) is 1.50. The first-order valence-electron chi connectivity index (χ1n) is 3.90. The zero-order valence-corrected chi connectivity index (χ0v) is 10.1. The Hall–Kier alpha value is -0.140. The van der Waals surface area contributed by atoms with Gasteiger partial charge in [-0.05, 0) is 0 Å². The fourth-order valence-electron chi connectivity index (χ4n) is 0.890. The average molecular weight is 298 g/mol. The highest BCUT2D eigenvalue weighted by Gasteiger charge is 1.97. The molecule has 0 amide bonds. The summed E-state index contributed by atoms with van der Waals surface area (Å²) in [6.07, 6.45) is 5.90. The van der Waals surface area contributed by atoms with Gasteiger partial charge >= 0.3 is 0 Å². The van der Waals surface area contributed by atoms with Gasteiger partial charge in [0.2, 0.25) is 6.33 Å². The van der Waals surface area contributed by atoms with Gasteiger partial charge in [0.05, 0.1) is 20.3 Å². The predicted molar refractivity (Wildman–Crippen MR) is 43.4 cm³/mol. The Morgan fingerprint density at radius 2 is 2.15 bits per heavy atom. The van der Waals surface area contributed by atoms with E-state index in [4.69, 9.17) is 9.47 Å². The molecule has 0 aliphatic carbocycles. The molecule has 1 heterocycles. The lowest BCUT2D eigenvalue weighted by molar-refractivity contribution is -0.671. The standard InChI is InChI=1S/C8H15N2O2.HI/c1-9-3-4-10(7-9)8-12-6-5-11-2;/h3-4,7H,5-6,8H2,1-2H3;1H/q+1;/p-1. The van der Waals surface area contributed by atoms with E-state index >= 15 is 0 Å². The molecule has 13 heavy (non-hydrogen) atoms. The van der Waals surface area contributed by atoms with E-state index in [-0.39, 0.29) is 24.0 Å². The topological polar surface area (TPSA) is 27.3 Å². The van der Waals surface area contributed by atoms with Gasteiger partial charge in [-0.3, -0.25) is 0 Å². The van der Waals surface area contributed by atoms with Crippen molar-refractivity contribution in [3.05, 3.63) is 18.7 Å². The van der Waals surface area contributed by atoms with Crippen molar-refractivity contribution < 1.29 is 38.0 Å². The van der Waals surface area contributed by atoms with Crippen LogP contribution in [0.5, 0.6) is 0 Å². The molecule has 0 atom stereocenters. The summed E-state index contributed by atoms with van der Waals surface area (Å²) in [5, 5.41) is 0. The van der Waals surface area contributed by atoms with Gasteiger partial charge in [0, 0.05) is 7.11 Å². The van der Waals surface area contributed by atoms with Crippen molar-refractivity contribution in [2.45, 2.75) is 6.73 Å². The average Bonchev–Trinajstić information content (AvgIpc) is 2.45. The molecule has 1 aromatic rings. The van der Waals surface area contributed by atoms with Gasteiger partial charge in [0.15, 0.2) is 6.73 Å². The molecule has 1 aromatic heterocycles. The molecule has 0 radical (unpaired) electrons. The minimum Gasteiger partial charge on any atom is -1.00 e. The summed E-state index contributed by atoms with van der Waals surface area (Å²) < 4.78 is 14.1. The molecule has 0 bridgehead atoms. The van der Waals surface area contributed by atoms with E-state index in [9.17, 15) is 0 Å². The van der Waals surface area contributed by atoms with Crippen molar-refractivity contribution in [1.82, 2.24) is 4.57 Å². The first-order valence-corrected chi connectivity index (χ1v) is 3.90. The Bertz CT molecular complexity index is 228. The Kier molecular flexibility index (Phi) is 7.20. The van der Waals surface area contributed by atoms with Crippen molar-refractivity contribution in [1.29, 1.82) is 0 Å². The highest BCUT2D eigenvalue weighted by Crippen LogP contribution is 1.85. The summed E-state index contributed by atoms with van der Waals surface area (Å²) in [6.45, 7) is 1.87. The Morgan fingerprint density at radius 3 is 2.69 bits per heavy atom. The third-order valence-corrected chi connectivity index (χ3v) is 1.50. The Labute approximate surface area is 95.5 Å². The summed E-state index contributed by atoms with van der Waals surface area (Å²) in [6, 6.07) is 0. The number of aromatic nitrogens is 2. The van der Waals surface area contributed by atoms with Gasteiger partial charge in [-0.2, -0.15) is 0 Å². The zero-order chi connectivity index (χ0) is 8.81. The quantitative estimate of drug-likeness (QED) is 0.328. The summed E-state index contributed by atoms with van der Waals surface area (Å²) >= 11 is 0. The molecule has 0 aliphatic heterocycles. The van der Waals surface area contributed by atoms with E-state index in [0.29, 0.717) is 19.9 Å². The minimum atomic E-state index is 0. The number of methoxy groups -OCH3 is 1. The maximum absolute atomic E-state index is 5.30. The van der Waals surface area contributed by atoms with E-state index in [1.807, 2.05) is 34.9 Å². The van der Waals surface area contributed by atoms with Crippen LogP contribution in [0.15, 0.2) is 18.7 Å². The van der Waals surface area contributed by atoms with Crippen LogP contribution in [0, 0.1) is 0 Å². The number of hydrogen-bond acceptors (Lipinski definition) is 2. The number of halogens is 1. The second kappa shape index (κ2) is 7.28. The van der Waals surface area contributed by atoms with Crippen molar-refractivity contribution in [3.63, 3.8) is 0 Å². The first kappa shape index (κ1) is 12.9. The molecular formula is C8H15IN2O2. The Morgan fingerprint density at radius 1 is 1.38 bits per heavy atom. The molecular weight excluding hydrogens is 283 g/mol. The molecule has 76 valence electrons. The van der Waals surface area contributed by atoms with Crippen LogP contribution < -0.4 is 28.5 Å². The molecule has 0 saturated carbocycles. The number of imidazole rings is 1. The second-order valence-corrected chi connectivity index (χ2v) is 2.62. The normalized spacial score (nSPS) is 9.69. The van der Waals surface area contributed by atoms with Crippen LogP contribution in [0.3, 0.4) is 0 Å². The van der Waals surface area contributed by atoms with Gasteiger partial charge in [-0.1, -0.05) is 0 Å². The lowest BCUT2D eigenvalue weighted by atomic mass is 10.8. The molecule has 0 aromatic carbocycles. The fraction of sp³-hybridized carbons (Fsp3) is 0.625. The lowest BCUT2D eigenvalue weighted by Crippen LogP contribution is -3.00. The zero-order valence-electron chi connectivity index (χ0n) is 7.94. The van der Waals surface area contributed by atoms with Gasteiger partial charge in [-0.15, -0.1) is 0 Å². The summed E-state index contributed by atoms with van der Waals surface area (Å²) in [5.74, 6) is 0. The van der Waals surface area contributed by atoms with Gasteiger partial charge in [0.25, 0.3) is 0 Å². The predicted octanol–water partition coefficient (Wildman–Crippen LogP) is -3.06. The molecule has 4 nitrogen and oxygen atoms in total. The van der Waals surface area contributed by atoms with E-state index in [2.05, 4.69) is 0 Å². The van der Waals surface area contributed by atoms with Crippen molar-refractivity contribution >= 4 is 0 Å². The van der Waals surface area contributed by atoms with Crippen LogP contribution in [-0.4, -0.2) is 24.9 Å². The summed E-state index contributed by atoms with van der Waals surface area (Å²) in [4.78, 5) is 0. The SMILES string of the molecule is COCCOCn1cc[n+](C)c1.[I-]. The van der Waals surface area contributed by atoms with E-state index in [1.54, 1.807) is 7.11 Å². The maximum Gasteiger partial charge on any atom is 0.245 e. The highest BCUT2D eigenvalue weighted by molar-refractivity contribution is 4.63. The Balaban J connectivity index is 0.00000144. The van der Waals surface area contributed by atoms with Crippen LogP contribution in [-0.2, 0) is 23.3 Å². The number of aryl methyl sites for hydroxylation is 1. The van der Waals surface area contributed by atoms with E-state index in [1.165, 1.54) is 0 Å². The van der Waals surface area contributed by atoms with Crippen LogP contribution in [0.1, 0.15) is 0 Å². The molecule has 0 unspecified atom stereocenters. The number of rotatable bonds is 5. The molecule has 0 saturated heterocycles.